The summed E-state index contributed by atoms with van der Waals surface area (Å²) in [5.74, 6) is 0. The first-order valence-electron chi connectivity index (χ1n) is 27.3. The molecule has 0 saturated heterocycles. The summed E-state index contributed by atoms with van der Waals surface area (Å²) in [6.45, 7) is 8.31. The van der Waals surface area contributed by atoms with Gasteiger partial charge in [-0.3, -0.25) is 0 Å². The number of nitrogens with zero attached hydrogens (tertiary/aromatic N) is 12. The fourth-order valence-electron chi connectivity index (χ4n) is 6.55. The summed E-state index contributed by atoms with van der Waals surface area (Å²) in [6, 6.07) is 28.0. The summed E-state index contributed by atoms with van der Waals surface area (Å²) < 4.78 is 71.5. The molecular formula is C53H84B4Cl4Fe2N16O17. The van der Waals surface area contributed by atoms with Crippen LogP contribution >= 0.6 is 0 Å². The fourth-order valence-corrected chi connectivity index (χ4v) is 6.55. The number of rotatable bonds is 4. The molecule has 0 amide bonds. The summed E-state index contributed by atoms with van der Waals surface area (Å²) in [6.07, 6.45) is 0. The Morgan fingerprint density at radius 1 is 0.208 bits per heavy atom. The smallest absolute Gasteiger partial charge is 1.00 e. The van der Waals surface area contributed by atoms with E-state index in [1.807, 2.05) is 0 Å². The minimum absolute atomic E-state index is 0. The first kappa shape index (κ1) is 97.3. The van der Waals surface area contributed by atoms with E-state index >= 15 is 0 Å². The number of quaternary nitrogens is 4. The molecule has 96 heavy (non-hydrogen) atoms. The van der Waals surface area contributed by atoms with Gasteiger partial charge < -0.3 is 155 Å². The van der Waals surface area contributed by atoms with Gasteiger partial charge in [0.2, 0.25) is 0 Å². The molecule has 4 aromatic carbocycles. The molecule has 6 aliphatic heterocycles. The second-order valence-corrected chi connectivity index (χ2v) is 18.9. The van der Waals surface area contributed by atoms with Gasteiger partial charge in [0.05, 0.1) is 68.5 Å². The molecule has 0 fully saturated rings. The Morgan fingerprint density at radius 2 is 0.292 bits per heavy atom. The third-order valence-electron chi connectivity index (χ3n) is 12.6. The minimum atomic E-state index is -2.93. The predicted octanol–water partition coefficient (Wildman–Crippen LogP) is -12.3. The standard InChI is InChI=1S/2C24H30B2N8O6.5CH4O.4ClH.2Fe/c2*1-15-16(2)30-36-26(22-9-13-24(28)14-10-22)39-33-19(5)17(3)31-37-25(35-29-15,21-7-11-23(27)12-8-21)38-32-18(4)20(6)34-40-26;5*1-2;;;;;;/h2*7-14H,27-28H2,1-6H3;5*2H,1H3;4*1H;;/q2*-2;;;;;;;;;;2*+2/b2*29-15+,30-16+,31-17+,32-18+,33-19+,34-20+;;;;;;;;;;;. The maximum atomic E-state index is 7.00. The van der Waals surface area contributed by atoms with Gasteiger partial charge in [-0.2, -0.15) is 0 Å². The summed E-state index contributed by atoms with van der Waals surface area (Å²) in [7, 11) is 5.00. The van der Waals surface area contributed by atoms with Gasteiger partial charge in [0.1, 0.15) is 22.7 Å². The zero-order valence-electron chi connectivity index (χ0n) is 56.1. The molecule has 33 nitrogen and oxygen atoms in total. The Bertz CT molecular complexity index is 2730. The Labute approximate surface area is 603 Å². The van der Waals surface area contributed by atoms with Crippen LogP contribution in [-0.2, 0) is 91.2 Å². The van der Waals surface area contributed by atoms with Crippen LogP contribution in [0.25, 0.3) is 0 Å². The van der Waals surface area contributed by atoms with Crippen molar-refractivity contribution < 1.29 is 189 Å². The molecule has 6 heterocycles. The molecule has 0 atom stereocenters. The van der Waals surface area contributed by atoms with Crippen molar-refractivity contribution >= 4 is 140 Å². The zero-order valence-corrected chi connectivity index (χ0v) is 61.3. The van der Waals surface area contributed by atoms with E-state index in [9.17, 15) is 0 Å². The molecule has 0 unspecified atom stereocenters. The summed E-state index contributed by atoms with van der Waals surface area (Å²) >= 11 is 0. The van der Waals surface area contributed by atoms with Crippen LogP contribution in [0.5, 0.6) is 0 Å². The van der Waals surface area contributed by atoms with Crippen molar-refractivity contribution in [2.75, 3.05) is 35.5 Å². The Kier molecular flexibility index (Phi) is 49.0. The molecule has 0 aromatic heterocycles. The van der Waals surface area contributed by atoms with Crippen molar-refractivity contribution in [2.24, 2.45) is 61.9 Å². The van der Waals surface area contributed by atoms with Gasteiger partial charge >= 0.3 is 61.2 Å². The van der Waals surface area contributed by atoms with Crippen molar-refractivity contribution in [2.45, 2.75) is 83.1 Å². The average Bonchev–Trinajstić information content (AvgIpc) is 0.813. The van der Waals surface area contributed by atoms with E-state index in [1.165, 1.54) is 0 Å². The van der Waals surface area contributed by atoms with Crippen molar-refractivity contribution in [1.29, 1.82) is 0 Å². The number of aliphatic hydroxyl groups excluding tert-OH is 5. The number of hydrogen-bond donors (Lipinski definition) is 9. The fraction of sp³-hybridized carbons (Fsp3) is 0.321. The van der Waals surface area contributed by atoms with Gasteiger partial charge in [-0.25, -0.2) is 0 Å². The van der Waals surface area contributed by atoms with Crippen molar-refractivity contribution in [1.82, 2.24) is 0 Å². The number of benzene rings is 4. The molecule has 4 bridgehead atoms. The molecule has 0 spiro atoms. The Morgan fingerprint density at radius 3 is 0.375 bits per heavy atom. The summed E-state index contributed by atoms with van der Waals surface area (Å²) in [4.78, 5) is 0. The average molecular weight is 1510 g/mol. The van der Waals surface area contributed by atoms with E-state index < -0.39 is 27.0 Å². The molecule has 0 radical (unpaired) electrons. The second-order valence-electron chi connectivity index (χ2n) is 18.9. The van der Waals surface area contributed by atoms with Gasteiger partial charge in [0.25, 0.3) is 0 Å². The normalized spacial score (nSPS) is 26.6. The van der Waals surface area contributed by atoms with Crippen molar-refractivity contribution in [3.05, 3.63) is 97.1 Å². The predicted molar refractivity (Wildman–Crippen MR) is 349 cm³/mol. The first-order valence-corrected chi connectivity index (χ1v) is 27.3. The van der Waals surface area contributed by atoms with Crippen LogP contribution in [-0.4, -0.2) is 157 Å². The van der Waals surface area contributed by atoms with Crippen LogP contribution in [0.4, 0.5) is 22.7 Å². The van der Waals surface area contributed by atoms with Crippen LogP contribution in [0.1, 0.15) is 83.1 Å². The third kappa shape index (κ3) is 27.3. The van der Waals surface area contributed by atoms with E-state index in [2.05, 4.69) is 84.8 Å². The second kappa shape index (κ2) is 48.3. The Balaban J connectivity index is -0.000000482. The van der Waals surface area contributed by atoms with E-state index in [4.69, 9.17) is 82.6 Å². The molecule has 0 aliphatic carbocycles. The van der Waals surface area contributed by atoms with Gasteiger partial charge in [-0.1, -0.05) is 70.4 Å². The molecule has 43 heteroatoms. The molecule has 10 rings (SSSR count). The van der Waals surface area contributed by atoms with E-state index in [1.54, 1.807) is 180 Å². The number of hydrogen-bond acceptors (Lipinski definition) is 29. The van der Waals surface area contributed by atoms with Crippen molar-refractivity contribution in [3.8, 4) is 0 Å². The SMILES string of the molecule is CC1=N\O[B-]2(c3ccc([NH3+])cc3)O/N=C(C)/C(C)=N/O[B-](c3ccc([NH3+])cc3)(O\N=C\1C)O/N=C(C)/C(C)=N/O2.CC1=N\O[B-]2(c3ccc([NH3+])cc3)O/N=C(C)/C(C)=N/O[B-](c3ccc([NH3+])cc3)(O\N=C\1C)O/N=C(C)/C(C)=N/O2.CO.CO.CO.CO.CO.[Cl-].[Cl-].[Cl-].[Cl-].[Fe+2].[Fe+2]. The maximum Gasteiger partial charge on any atom is 2.00 e. The maximum absolute atomic E-state index is 7.00. The molecule has 4 aromatic rings. The van der Waals surface area contributed by atoms with Crippen LogP contribution in [0.2, 0.25) is 0 Å². The van der Waals surface area contributed by atoms with Gasteiger partial charge in [-0.05, 0) is 132 Å². The number of halogens is 4. The molecule has 6 aliphatic rings. The third-order valence-corrected chi connectivity index (χ3v) is 12.6. The van der Waals surface area contributed by atoms with Crippen LogP contribution in [0.15, 0.2) is 159 Å². The number of oxime groups is 12. The van der Waals surface area contributed by atoms with Crippen LogP contribution in [0, 0.1) is 0 Å². The quantitative estimate of drug-likeness (QED) is 0.0857. The van der Waals surface area contributed by atoms with Gasteiger partial charge in [0, 0.05) is 35.5 Å². The number of aliphatic hydroxyl groups is 5. The van der Waals surface area contributed by atoms with Crippen molar-refractivity contribution in [3.63, 3.8) is 0 Å². The van der Waals surface area contributed by atoms with E-state index in [0.717, 1.165) is 58.3 Å². The molecule has 17 N–H and O–H groups in total. The van der Waals surface area contributed by atoms with Gasteiger partial charge in [0.15, 0.2) is 0 Å². The monoisotopic (exact) mass is 1510 g/mol. The molecule has 534 valence electrons. The largest absolute Gasteiger partial charge is 2.00 e. The zero-order chi connectivity index (χ0) is 67.8. The summed E-state index contributed by atoms with van der Waals surface area (Å²) in [5, 5.41) is 86.0. The van der Waals surface area contributed by atoms with Gasteiger partial charge in [-0.15, -0.1) is 61.9 Å². The molecule has 0 saturated carbocycles. The minimum Gasteiger partial charge on any atom is -1.00 e. The first-order chi connectivity index (χ1) is 43.1. The number of fused-ring (bicyclic) bond motifs is 18. The summed E-state index contributed by atoms with van der Waals surface area (Å²) in [5.41, 5.74) is 24.6. The van der Waals surface area contributed by atoms with Crippen LogP contribution < -0.4 is 94.4 Å². The Hall–Kier alpha value is -7.38. The van der Waals surface area contributed by atoms with E-state index in [-0.39, 0.29) is 83.8 Å². The van der Waals surface area contributed by atoms with Crippen LogP contribution in [0.3, 0.4) is 0 Å². The van der Waals surface area contributed by atoms with E-state index in [0.29, 0.717) is 90.4 Å². The molecular weight excluding hydrogens is 1430 g/mol. The topological polar surface area (TPSA) is 471 Å².